The van der Waals surface area contributed by atoms with Gasteiger partial charge < -0.3 is 5.32 Å². The first kappa shape index (κ1) is 18.3. The van der Waals surface area contributed by atoms with E-state index in [9.17, 15) is 14.4 Å². The number of hydrogen-bond acceptors (Lipinski definition) is 4. The molecule has 1 aliphatic rings. The molecule has 1 aromatic carbocycles. The number of allylic oxidation sites excluding steroid dienone is 1. The van der Waals surface area contributed by atoms with E-state index in [1.165, 1.54) is 22.7 Å². The Bertz CT molecular complexity index is 687. The summed E-state index contributed by atoms with van der Waals surface area (Å²) in [4.78, 5) is 37.7. The molecule has 0 aliphatic carbocycles. The molecule has 0 radical (unpaired) electrons. The summed E-state index contributed by atoms with van der Waals surface area (Å²) in [6, 6.07) is 7.43. The third-order valence-electron chi connectivity index (χ3n) is 3.54. The molecule has 1 N–H and O–H groups in total. The quantitative estimate of drug-likeness (QED) is 0.851. The molecule has 2 rings (SSSR count). The molecule has 1 saturated heterocycles. The Labute approximate surface area is 146 Å². The third-order valence-corrected chi connectivity index (χ3v) is 4.57. The van der Waals surface area contributed by atoms with Crippen molar-refractivity contribution in [1.82, 2.24) is 4.90 Å². The maximum Gasteiger partial charge on any atom is 0.244 e. The first-order valence-electron chi connectivity index (χ1n) is 7.72. The maximum absolute atomic E-state index is 12.2. The van der Waals surface area contributed by atoms with E-state index in [1.807, 2.05) is 52.0 Å². The summed E-state index contributed by atoms with van der Waals surface area (Å²) in [5.74, 6) is -0.263. The molecule has 128 valence electrons. The first-order chi connectivity index (χ1) is 11.2. The molecule has 2 amide bonds. The number of rotatable bonds is 4. The summed E-state index contributed by atoms with van der Waals surface area (Å²) >= 11 is 1.29. The van der Waals surface area contributed by atoms with Gasteiger partial charge in [-0.1, -0.05) is 50.2 Å². The smallest absolute Gasteiger partial charge is 0.244 e. The highest BCUT2D eigenvalue weighted by Gasteiger charge is 2.30. The van der Waals surface area contributed by atoms with Gasteiger partial charge in [-0.3, -0.25) is 19.3 Å². The summed E-state index contributed by atoms with van der Waals surface area (Å²) in [7, 11) is 0. The van der Waals surface area contributed by atoms with Crippen LogP contribution in [-0.2, 0) is 14.4 Å². The standard InChI is InChI=1S/C18H22N2O3S/c1-12-5-7-13(8-6-12)19-15(22)10-20-16(23)11-24-17(20)9-14(21)18(2,3)4/h5-9H,10-11H2,1-4H3,(H,19,22). The van der Waals surface area contributed by atoms with Crippen molar-refractivity contribution < 1.29 is 14.4 Å². The monoisotopic (exact) mass is 346 g/mol. The fraction of sp³-hybridized carbons (Fsp3) is 0.389. The van der Waals surface area contributed by atoms with Gasteiger partial charge in [-0.2, -0.15) is 0 Å². The zero-order valence-electron chi connectivity index (χ0n) is 14.4. The number of carbonyl (C=O) groups excluding carboxylic acids is 3. The summed E-state index contributed by atoms with van der Waals surface area (Å²) in [6.07, 6.45) is 1.47. The lowest BCUT2D eigenvalue weighted by Gasteiger charge is -2.19. The Morgan fingerprint density at radius 1 is 1.25 bits per heavy atom. The topological polar surface area (TPSA) is 66.5 Å². The van der Waals surface area contributed by atoms with Gasteiger partial charge in [-0.05, 0) is 19.1 Å². The van der Waals surface area contributed by atoms with Crippen LogP contribution in [0.1, 0.15) is 26.3 Å². The van der Waals surface area contributed by atoms with Crippen LogP contribution in [0.3, 0.4) is 0 Å². The number of anilines is 1. The average molecular weight is 346 g/mol. The van der Waals surface area contributed by atoms with Crippen LogP contribution in [0, 0.1) is 12.3 Å². The number of hydrogen-bond donors (Lipinski definition) is 1. The zero-order valence-corrected chi connectivity index (χ0v) is 15.2. The zero-order chi connectivity index (χ0) is 17.9. The maximum atomic E-state index is 12.2. The fourth-order valence-electron chi connectivity index (χ4n) is 2.01. The number of aryl methyl sites for hydroxylation is 1. The molecule has 1 aromatic rings. The van der Waals surface area contributed by atoms with Gasteiger partial charge in [0.1, 0.15) is 6.54 Å². The van der Waals surface area contributed by atoms with E-state index in [2.05, 4.69) is 5.32 Å². The highest BCUT2D eigenvalue weighted by molar-refractivity contribution is 8.04. The molecule has 0 aromatic heterocycles. The van der Waals surface area contributed by atoms with Crippen LogP contribution >= 0.6 is 11.8 Å². The van der Waals surface area contributed by atoms with Crippen molar-refractivity contribution in [2.45, 2.75) is 27.7 Å². The minimum atomic E-state index is -0.519. The Morgan fingerprint density at radius 2 is 1.88 bits per heavy atom. The predicted molar refractivity (Wildman–Crippen MR) is 96.5 cm³/mol. The second-order valence-corrected chi connectivity index (χ2v) is 7.78. The number of ketones is 1. The lowest BCUT2D eigenvalue weighted by atomic mass is 9.91. The lowest BCUT2D eigenvalue weighted by molar-refractivity contribution is -0.129. The van der Waals surface area contributed by atoms with E-state index in [0.29, 0.717) is 10.7 Å². The Morgan fingerprint density at radius 3 is 2.46 bits per heavy atom. The molecule has 1 heterocycles. The number of amides is 2. The molecule has 1 aliphatic heterocycles. The van der Waals surface area contributed by atoms with Crippen molar-refractivity contribution in [1.29, 1.82) is 0 Å². The average Bonchev–Trinajstić information content (AvgIpc) is 2.81. The van der Waals surface area contributed by atoms with E-state index in [1.54, 1.807) is 0 Å². The number of thioether (sulfide) groups is 1. The van der Waals surface area contributed by atoms with Crippen LogP contribution < -0.4 is 5.32 Å². The van der Waals surface area contributed by atoms with Crippen LogP contribution in [0.15, 0.2) is 35.4 Å². The van der Waals surface area contributed by atoms with Crippen LogP contribution in [0.4, 0.5) is 5.69 Å². The summed E-state index contributed by atoms with van der Waals surface area (Å²) in [5.41, 5.74) is 1.26. The number of nitrogens with one attached hydrogen (secondary N) is 1. The fourth-order valence-corrected chi connectivity index (χ4v) is 2.95. The van der Waals surface area contributed by atoms with Crippen LogP contribution in [-0.4, -0.2) is 34.8 Å². The van der Waals surface area contributed by atoms with E-state index in [-0.39, 0.29) is 29.9 Å². The SMILES string of the molecule is Cc1ccc(NC(=O)CN2C(=O)CSC2=CC(=O)C(C)(C)C)cc1. The molecule has 1 fully saturated rings. The Kier molecular flexibility index (Phi) is 5.49. The van der Waals surface area contributed by atoms with Gasteiger partial charge in [0.05, 0.1) is 10.8 Å². The summed E-state index contributed by atoms with van der Waals surface area (Å²) < 4.78 is 0. The molecule has 0 atom stereocenters. The first-order valence-corrected chi connectivity index (χ1v) is 8.71. The normalized spacial score (nSPS) is 16.6. The van der Waals surface area contributed by atoms with E-state index < -0.39 is 5.41 Å². The summed E-state index contributed by atoms with van der Waals surface area (Å²) in [6.45, 7) is 7.34. The van der Waals surface area contributed by atoms with Crippen LogP contribution in [0.2, 0.25) is 0 Å². The van der Waals surface area contributed by atoms with Crippen molar-refractivity contribution >= 4 is 35.0 Å². The van der Waals surface area contributed by atoms with E-state index >= 15 is 0 Å². The van der Waals surface area contributed by atoms with Crippen molar-refractivity contribution in [2.24, 2.45) is 5.41 Å². The molecule has 6 heteroatoms. The largest absolute Gasteiger partial charge is 0.325 e. The van der Waals surface area contributed by atoms with Crippen molar-refractivity contribution in [3.8, 4) is 0 Å². The Balaban J connectivity index is 2.06. The van der Waals surface area contributed by atoms with Gasteiger partial charge in [-0.25, -0.2) is 0 Å². The molecule has 0 spiro atoms. The summed E-state index contributed by atoms with van der Waals surface area (Å²) in [5, 5.41) is 3.31. The molecule has 24 heavy (non-hydrogen) atoms. The highest BCUT2D eigenvalue weighted by atomic mass is 32.2. The van der Waals surface area contributed by atoms with Gasteiger partial charge in [0.15, 0.2) is 5.78 Å². The van der Waals surface area contributed by atoms with E-state index in [4.69, 9.17) is 0 Å². The Hall–Kier alpha value is -2.08. The molecule has 0 saturated carbocycles. The second kappa shape index (κ2) is 7.21. The number of benzene rings is 1. The molecular formula is C18H22N2O3S. The minimum absolute atomic E-state index is 0.0661. The second-order valence-electron chi connectivity index (χ2n) is 6.78. The molecule has 0 bridgehead atoms. The molecule has 5 nitrogen and oxygen atoms in total. The minimum Gasteiger partial charge on any atom is -0.325 e. The van der Waals surface area contributed by atoms with Gasteiger partial charge in [0, 0.05) is 17.2 Å². The van der Waals surface area contributed by atoms with Crippen molar-refractivity contribution in [2.75, 3.05) is 17.6 Å². The highest BCUT2D eigenvalue weighted by Crippen LogP contribution is 2.30. The third kappa shape index (κ3) is 4.71. The van der Waals surface area contributed by atoms with Crippen LogP contribution in [0.25, 0.3) is 0 Å². The van der Waals surface area contributed by atoms with Gasteiger partial charge >= 0.3 is 0 Å². The van der Waals surface area contributed by atoms with Gasteiger partial charge in [0.25, 0.3) is 0 Å². The van der Waals surface area contributed by atoms with Gasteiger partial charge in [-0.15, -0.1) is 0 Å². The van der Waals surface area contributed by atoms with Gasteiger partial charge in [0.2, 0.25) is 11.8 Å². The van der Waals surface area contributed by atoms with Crippen molar-refractivity contribution in [3.05, 3.63) is 40.9 Å². The van der Waals surface area contributed by atoms with Crippen molar-refractivity contribution in [3.63, 3.8) is 0 Å². The van der Waals surface area contributed by atoms with E-state index in [0.717, 1.165) is 5.56 Å². The number of nitrogens with zero attached hydrogens (tertiary/aromatic N) is 1. The van der Waals surface area contributed by atoms with Crippen LogP contribution in [0.5, 0.6) is 0 Å². The lowest BCUT2D eigenvalue weighted by Crippen LogP contribution is -2.34. The molecular weight excluding hydrogens is 324 g/mol. The molecule has 0 unspecified atom stereocenters. The number of carbonyl (C=O) groups is 3. The predicted octanol–water partition coefficient (Wildman–Crippen LogP) is 2.97.